The molecule has 8 heteroatoms. The molecule has 1 aliphatic rings. The zero-order chi connectivity index (χ0) is 18.3. The standard InChI is InChI=1S/C18H24N6O2/c1-12-6-13(2)24-18(20-12)14(8-19-24)9-22-4-3-5-23-15(10-22)7-16(21-23)17(26)11-25/h6-8,17,25-26H,3-5,9-11H2,1-2H3. The summed E-state index contributed by atoms with van der Waals surface area (Å²) in [5, 5.41) is 27.9. The highest BCUT2D eigenvalue weighted by Gasteiger charge is 2.21. The van der Waals surface area contributed by atoms with Gasteiger partial charge in [-0.1, -0.05) is 0 Å². The lowest BCUT2D eigenvalue weighted by atomic mass is 10.2. The Balaban J connectivity index is 1.58. The normalized spacial score (nSPS) is 16.6. The quantitative estimate of drug-likeness (QED) is 0.724. The number of hydrogen-bond acceptors (Lipinski definition) is 6. The summed E-state index contributed by atoms with van der Waals surface area (Å²) in [5.41, 5.74) is 5.69. The molecule has 0 aromatic carbocycles. The molecule has 0 spiro atoms. The Morgan fingerprint density at radius 2 is 2.08 bits per heavy atom. The highest BCUT2D eigenvalue weighted by Crippen LogP contribution is 2.21. The summed E-state index contributed by atoms with van der Waals surface area (Å²) in [4.78, 5) is 7.02. The first kappa shape index (κ1) is 17.1. The second kappa shape index (κ2) is 6.79. The molecular formula is C18H24N6O2. The van der Waals surface area contributed by atoms with E-state index in [-0.39, 0.29) is 6.61 Å². The van der Waals surface area contributed by atoms with Crippen LogP contribution in [0.2, 0.25) is 0 Å². The first-order valence-electron chi connectivity index (χ1n) is 8.94. The van der Waals surface area contributed by atoms with Crippen LogP contribution in [0.15, 0.2) is 18.3 Å². The molecule has 0 saturated carbocycles. The van der Waals surface area contributed by atoms with Crippen molar-refractivity contribution < 1.29 is 10.2 Å². The predicted octanol–water partition coefficient (Wildman–Crippen LogP) is 0.974. The van der Waals surface area contributed by atoms with Crippen molar-refractivity contribution in [1.29, 1.82) is 0 Å². The van der Waals surface area contributed by atoms with Crippen molar-refractivity contribution in [2.45, 2.75) is 46.0 Å². The maximum absolute atomic E-state index is 9.83. The summed E-state index contributed by atoms with van der Waals surface area (Å²) in [7, 11) is 0. The van der Waals surface area contributed by atoms with Crippen LogP contribution in [0.25, 0.3) is 5.65 Å². The summed E-state index contributed by atoms with van der Waals surface area (Å²) in [5.74, 6) is 0. The average molecular weight is 356 g/mol. The minimum atomic E-state index is -0.919. The van der Waals surface area contributed by atoms with Gasteiger partial charge in [-0.05, 0) is 32.4 Å². The van der Waals surface area contributed by atoms with Gasteiger partial charge < -0.3 is 10.2 Å². The van der Waals surface area contributed by atoms with Crippen molar-refractivity contribution in [2.24, 2.45) is 0 Å². The van der Waals surface area contributed by atoms with Gasteiger partial charge in [0, 0.05) is 43.1 Å². The van der Waals surface area contributed by atoms with Crippen LogP contribution in [-0.2, 0) is 19.6 Å². The van der Waals surface area contributed by atoms with Crippen molar-refractivity contribution in [1.82, 2.24) is 29.3 Å². The fourth-order valence-electron chi connectivity index (χ4n) is 3.61. The molecule has 1 atom stereocenters. The SMILES string of the molecule is Cc1cc(C)n2ncc(CN3CCCn4nc(C(O)CO)cc4C3)c2n1. The lowest BCUT2D eigenvalue weighted by Crippen LogP contribution is -2.22. The third-order valence-corrected chi connectivity index (χ3v) is 4.87. The largest absolute Gasteiger partial charge is 0.393 e. The van der Waals surface area contributed by atoms with Gasteiger partial charge in [-0.2, -0.15) is 10.2 Å². The van der Waals surface area contributed by atoms with E-state index in [1.165, 1.54) is 0 Å². The Morgan fingerprint density at radius 1 is 1.23 bits per heavy atom. The van der Waals surface area contributed by atoms with Crippen LogP contribution in [0.1, 0.15) is 40.9 Å². The van der Waals surface area contributed by atoms with E-state index in [0.29, 0.717) is 5.69 Å². The summed E-state index contributed by atoms with van der Waals surface area (Å²) in [6.45, 7) is 7.01. The zero-order valence-corrected chi connectivity index (χ0v) is 15.1. The van der Waals surface area contributed by atoms with E-state index in [0.717, 1.165) is 60.9 Å². The summed E-state index contributed by atoms with van der Waals surface area (Å²) in [6, 6.07) is 3.92. The fraction of sp³-hybridized carbons (Fsp3) is 0.500. The van der Waals surface area contributed by atoms with E-state index < -0.39 is 6.10 Å². The highest BCUT2D eigenvalue weighted by atomic mass is 16.3. The van der Waals surface area contributed by atoms with Crippen molar-refractivity contribution in [2.75, 3.05) is 13.2 Å². The van der Waals surface area contributed by atoms with Gasteiger partial charge in [0.05, 0.1) is 24.2 Å². The fourth-order valence-corrected chi connectivity index (χ4v) is 3.61. The van der Waals surface area contributed by atoms with E-state index in [4.69, 9.17) is 5.11 Å². The Bertz CT molecular complexity index is 931. The smallest absolute Gasteiger partial charge is 0.159 e. The molecule has 3 aromatic heterocycles. The van der Waals surface area contributed by atoms with E-state index in [1.807, 2.05) is 41.4 Å². The molecule has 0 fully saturated rings. The molecule has 0 aliphatic carbocycles. The second-order valence-electron chi connectivity index (χ2n) is 6.99. The molecule has 2 N–H and O–H groups in total. The topological polar surface area (TPSA) is 91.7 Å². The van der Waals surface area contributed by atoms with Gasteiger partial charge in [-0.3, -0.25) is 9.58 Å². The Labute approximate surface area is 151 Å². The number of rotatable bonds is 4. The number of aryl methyl sites for hydroxylation is 3. The third-order valence-electron chi connectivity index (χ3n) is 4.87. The number of aliphatic hydroxyl groups excluding tert-OH is 2. The minimum absolute atomic E-state index is 0.313. The third kappa shape index (κ3) is 3.11. The number of fused-ring (bicyclic) bond motifs is 2. The van der Waals surface area contributed by atoms with Crippen LogP contribution in [0, 0.1) is 13.8 Å². The van der Waals surface area contributed by atoms with Gasteiger partial charge in [0.1, 0.15) is 6.10 Å². The van der Waals surface area contributed by atoms with Crippen molar-refractivity contribution in [3.05, 3.63) is 46.7 Å². The molecule has 4 rings (SSSR count). The van der Waals surface area contributed by atoms with Crippen LogP contribution in [0.5, 0.6) is 0 Å². The van der Waals surface area contributed by atoms with E-state index in [2.05, 4.69) is 20.1 Å². The van der Waals surface area contributed by atoms with Gasteiger partial charge in [-0.15, -0.1) is 0 Å². The summed E-state index contributed by atoms with van der Waals surface area (Å²) >= 11 is 0. The lowest BCUT2D eigenvalue weighted by molar-refractivity contribution is 0.0916. The molecule has 0 saturated heterocycles. The van der Waals surface area contributed by atoms with E-state index in [1.54, 1.807) is 0 Å². The molecule has 1 unspecified atom stereocenters. The monoisotopic (exact) mass is 356 g/mol. The molecule has 3 aromatic rings. The summed E-state index contributed by atoms with van der Waals surface area (Å²) in [6.07, 6.45) is 1.96. The molecule has 8 nitrogen and oxygen atoms in total. The van der Waals surface area contributed by atoms with E-state index in [9.17, 15) is 5.11 Å². The van der Waals surface area contributed by atoms with Crippen LogP contribution >= 0.6 is 0 Å². The first-order valence-corrected chi connectivity index (χ1v) is 8.94. The van der Waals surface area contributed by atoms with Crippen LogP contribution in [-0.4, -0.2) is 52.6 Å². The van der Waals surface area contributed by atoms with Crippen molar-refractivity contribution in [3.63, 3.8) is 0 Å². The van der Waals surface area contributed by atoms with Crippen molar-refractivity contribution >= 4 is 5.65 Å². The number of nitrogens with zero attached hydrogens (tertiary/aromatic N) is 6. The first-order chi connectivity index (χ1) is 12.5. The highest BCUT2D eigenvalue weighted by molar-refractivity contribution is 5.47. The van der Waals surface area contributed by atoms with Crippen LogP contribution in [0.3, 0.4) is 0 Å². The molecule has 26 heavy (non-hydrogen) atoms. The summed E-state index contributed by atoms with van der Waals surface area (Å²) < 4.78 is 3.83. The molecular weight excluding hydrogens is 332 g/mol. The maximum Gasteiger partial charge on any atom is 0.159 e. The van der Waals surface area contributed by atoms with Crippen molar-refractivity contribution in [3.8, 4) is 0 Å². The van der Waals surface area contributed by atoms with Gasteiger partial charge in [0.15, 0.2) is 5.65 Å². The molecule has 0 bridgehead atoms. The van der Waals surface area contributed by atoms with Gasteiger partial charge in [0.2, 0.25) is 0 Å². The predicted molar refractivity (Wildman–Crippen MR) is 95.5 cm³/mol. The molecule has 4 heterocycles. The Kier molecular flexibility index (Phi) is 4.47. The number of hydrogen-bond donors (Lipinski definition) is 2. The molecule has 0 amide bonds. The van der Waals surface area contributed by atoms with Gasteiger partial charge >= 0.3 is 0 Å². The minimum Gasteiger partial charge on any atom is -0.393 e. The van der Waals surface area contributed by atoms with Crippen LogP contribution in [0.4, 0.5) is 0 Å². The van der Waals surface area contributed by atoms with Gasteiger partial charge in [-0.25, -0.2) is 9.50 Å². The number of aliphatic hydroxyl groups is 2. The Hall–Kier alpha value is -2.29. The molecule has 0 radical (unpaired) electrons. The second-order valence-corrected chi connectivity index (χ2v) is 6.99. The maximum atomic E-state index is 9.83. The Morgan fingerprint density at radius 3 is 2.88 bits per heavy atom. The zero-order valence-electron chi connectivity index (χ0n) is 15.1. The van der Waals surface area contributed by atoms with E-state index >= 15 is 0 Å². The lowest BCUT2D eigenvalue weighted by Gasteiger charge is -2.18. The van der Waals surface area contributed by atoms with Crippen LogP contribution < -0.4 is 0 Å². The average Bonchev–Trinajstić information content (AvgIpc) is 3.14. The molecule has 1 aliphatic heterocycles. The van der Waals surface area contributed by atoms with Gasteiger partial charge in [0.25, 0.3) is 0 Å². The molecule has 138 valence electrons. The number of aromatic nitrogens is 5.